The summed E-state index contributed by atoms with van der Waals surface area (Å²) in [5.41, 5.74) is 1.99. The van der Waals surface area contributed by atoms with Crippen molar-refractivity contribution in [3.63, 3.8) is 0 Å². The number of carbonyl (C=O) groups is 2. The Kier molecular flexibility index (Phi) is 4.15. The summed E-state index contributed by atoms with van der Waals surface area (Å²) < 4.78 is 6.45. The van der Waals surface area contributed by atoms with Gasteiger partial charge in [0.2, 0.25) is 0 Å². The zero-order valence-corrected chi connectivity index (χ0v) is 13.2. The van der Waals surface area contributed by atoms with Crippen molar-refractivity contribution in [2.45, 2.75) is 6.92 Å². The number of carbonyl (C=O) groups excluding carboxylic acids is 2. The molecule has 0 saturated heterocycles. The van der Waals surface area contributed by atoms with Crippen molar-refractivity contribution in [3.8, 4) is 0 Å². The molecule has 0 radical (unpaired) electrons. The van der Waals surface area contributed by atoms with Crippen molar-refractivity contribution in [2.75, 3.05) is 10.6 Å². The summed E-state index contributed by atoms with van der Waals surface area (Å²) in [6.07, 6.45) is 1.42. The van der Waals surface area contributed by atoms with E-state index in [1.54, 1.807) is 19.2 Å². The minimum Gasteiger partial charge on any atom is -0.459 e. The largest absolute Gasteiger partial charge is 0.459 e. The lowest BCUT2D eigenvalue weighted by Crippen LogP contribution is -2.13. The quantitative estimate of drug-likeness (QED) is 0.772. The van der Waals surface area contributed by atoms with E-state index in [-0.39, 0.29) is 17.4 Å². The molecule has 0 atom stereocenters. The first-order valence-electron chi connectivity index (χ1n) is 7.30. The van der Waals surface area contributed by atoms with Gasteiger partial charge in [-0.1, -0.05) is 17.7 Å². The molecule has 3 rings (SSSR count). The maximum absolute atomic E-state index is 12.3. The number of aromatic nitrogens is 2. The summed E-state index contributed by atoms with van der Waals surface area (Å²) in [5, 5.41) is 9.53. The zero-order chi connectivity index (χ0) is 17.1. The van der Waals surface area contributed by atoms with Crippen molar-refractivity contribution in [3.05, 3.63) is 65.7 Å². The standard InChI is InChI=1S/C17H16N4O3/c1-11-5-7-12(8-6-11)18-16(22)13-10-15(21(2)20-13)19-17(23)14-4-3-9-24-14/h3-10H,1-2H3,(H,18,22)(H,19,23). The van der Waals surface area contributed by atoms with Gasteiger partial charge in [0.25, 0.3) is 11.8 Å². The molecular formula is C17H16N4O3. The fourth-order valence-electron chi connectivity index (χ4n) is 2.11. The van der Waals surface area contributed by atoms with Gasteiger partial charge in [0.05, 0.1) is 6.26 Å². The third-order valence-corrected chi connectivity index (χ3v) is 3.41. The highest BCUT2D eigenvalue weighted by atomic mass is 16.3. The van der Waals surface area contributed by atoms with E-state index in [1.165, 1.54) is 17.0 Å². The average Bonchev–Trinajstić information content (AvgIpc) is 3.20. The first-order chi connectivity index (χ1) is 11.5. The van der Waals surface area contributed by atoms with E-state index in [0.29, 0.717) is 11.5 Å². The summed E-state index contributed by atoms with van der Waals surface area (Å²) >= 11 is 0. The molecule has 0 aliphatic heterocycles. The van der Waals surface area contributed by atoms with Gasteiger partial charge in [0.15, 0.2) is 11.5 Å². The fraction of sp³-hybridized carbons (Fsp3) is 0.118. The van der Waals surface area contributed by atoms with E-state index < -0.39 is 5.91 Å². The van der Waals surface area contributed by atoms with Crippen LogP contribution in [-0.4, -0.2) is 21.6 Å². The molecule has 7 heteroatoms. The molecule has 7 nitrogen and oxygen atoms in total. The minimum atomic E-state index is -0.409. The lowest BCUT2D eigenvalue weighted by atomic mass is 10.2. The summed E-state index contributed by atoms with van der Waals surface area (Å²) in [6, 6.07) is 12.1. The second kappa shape index (κ2) is 6.41. The van der Waals surface area contributed by atoms with E-state index in [1.807, 2.05) is 31.2 Å². The third kappa shape index (κ3) is 3.35. The molecule has 0 aliphatic carbocycles. The number of hydrogen-bond donors (Lipinski definition) is 2. The Hall–Kier alpha value is -3.35. The van der Waals surface area contributed by atoms with Crippen molar-refractivity contribution in [1.29, 1.82) is 0 Å². The Labute approximate surface area is 138 Å². The van der Waals surface area contributed by atoms with Crippen LogP contribution < -0.4 is 10.6 Å². The van der Waals surface area contributed by atoms with E-state index in [0.717, 1.165) is 5.56 Å². The molecule has 0 bridgehead atoms. The summed E-state index contributed by atoms with van der Waals surface area (Å²) in [7, 11) is 1.64. The van der Waals surface area contributed by atoms with Crippen LogP contribution in [0.2, 0.25) is 0 Å². The highest BCUT2D eigenvalue weighted by Crippen LogP contribution is 2.14. The van der Waals surface area contributed by atoms with Gasteiger partial charge in [-0.15, -0.1) is 0 Å². The van der Waals surface area contributed by atoms with Crippen molar-refractivity contribution in [2.24, 2.45) is 7.05 Å². The highest BCUT2D eigenvalue weighted by Gasteiger charge is 2.16. The number of aryl methyl sites for hydroxylation is 2. The zero-order valence-electron chi connectivity index (χ0n) is 13.2. The maximum atomic E-state index is 12.3. The van der Waals surface area contributed by atoms with Crippen LogP contribution in [0.25, 0.3) is 0 Å². The van der Waals surface area contributed by atoms with Gasteiger partial charge in [-0.25, -0.2) is 0 Å². The van der Waals surface area contributed by atoms with Crippen LogP contribution in [0, 0.1) is 6.92 Å². The number of benzene rings is 1. The van der Waals surface area contributed by atoms with E-state index >= 15 is 0 Å². The molecule has 0 saturated carbocycles. The Morgan fingerprint density at radius 3 is 2.50 bits per heavy atom. The predicted molar refractivity (Wildman–Crippen MR) is 89.0 cm³/mol. The van der Waals surface area contributed by atoms with Crippen LogP contribution in [0.4, 0.5) is 11.5 Å². The Bertz CT molecular complexity index is 864. The smallest absolute Gasteiger partial charge is 0.292 e. The summed E-state index contributed by atoms with van der Waals surface area (Å²) in [5.74, 6) is -0.186. The Morgan fingerprint density at radius 1 is 1.08 bits per heavy atom. The molecule has 3 aromatic rings. The van der Waals surface area contributed by atoms with E-state index in [4.69, 9.17) is 4.42 Å². The Balaban J connectivity index is 1.72. The molecule has 2 aromatic heterocycles. The first kappa shape index (κ1) is 15.5. The van der Waals surface area contributed by atoms with Crippen LogP contribution in [0.3, 0.4) is 0 Å². The van der Waals surface area contributed by atoms with Crippen molar-refractivity contribution in [1.82, 2.24) is 9.78 Å². The van der Waals surface area contributed by atoms with Gasteiger partial charge in [-0.05, 0) is 31.2 Å². The average molecular weight is 324 g/mol. The summed E-state index contributed by atoms with van der Waals surface area (Å²) in [4.78, 5) is 24.2. The maximum Gasteiger partial charge on any atom is 0.292 e. The van der Waals surface area contributed by atoms with Crippen LogP contribution in [0.5, 0.6) is 0 Å². The molecule has 0 fully saturated rings. The topological polar surface area (TPSA) is 89.2 Å². The minimum absolute atomic E-state index is 0.182. The molecule has 24 heavy (non-hydrogen) atoms. The van der Waals surface area contributed by atoms with Crippen molar-refractivity contribution < 1.29 is 14.0 Å². The number of furan rings is 1. The summed E-state index contributed by atoms with van der Waals surface area (Å²) in [6.45, 7) is 1.97. The lowest BCUT2D eigenvalue weighted by Gasteiger charge is -2.02. The van der Waals surface area contributed by atoms with Gasteiger partial charge < -0.3 is 15.1 Å². The Morgan fingerprint density at radius 2 is 1.83 bits per heavy atom. The third-order valence-electron chi connectivity index (χ3n) is 3.41. The van der Waals surface area contributed by atoms with Gasteiger partial charge in [0.1, 0.15) is 5.82 Å². The van der Waals surface area contributed by atoms with Gasteiger partial charge in [-0.3, -0.25) is 14.3 Å². The number of anilines is 2. The fourth-order valence-corrected chi connectivity index (χ4v) is 2.11. The van der Waals surface area contributed by atoms with Crippen molar-refractivity contribution >= 4 is 23.3 Å². The second-order valence-electron chi connectivity index (χ2n) is 5.29. The van der Waals surface area contributed by atoms with Crippen LogP contribution in [0.15, 0.2) is 53.1 Å². The number of nitrogens with zero attached hydrogens (tertiary/aromatic N) is 2. The van der Waals surface area contributed by atoms with Gasteiger partial charge in [-0.2, -0.15) is 5.10 Å². The van der Waals surface area contributed by atoms with E-state index in [9.17, 15) is 9.59 Å². The number of nitrogens with one attached hydrogen (secondary N) is 2. The van der Waals surface area contributed by atoms with Crippen LogP contribution in [0.1, 0.15) is 26.6 Å². The normalized spacial score (nSPS) is 10.4. The first-order valence-corrected chi connectivity index (χ1v) is 7.30. The van der Waals surface area contributed by atoms with E-state index in [2.05, 4.69) is 15.7 Å². The SMILES string of the molecule is Cc1ccc(NC(=O)c2cc(NC(=O)c3ccco3)n(C)n2)cc1. The molecule has 0 aliphatic rings. The molecule has 0 unspecified atom stereocenters. The predicted octanol–water partition coefficient (Wildman–Crippen LogP) is 2.83. The molecule has 1 aromatic carbocycles. The van der Waals surface area contributed by atoms with Gasteiger partial charge >= 0.3 is 0 Å². The van der Waals surface area contributed by atoms with Gasteiger partial charge in [0, 0.05) is 18.8 Å². The monoisotopic (exact) mass is 324 g/mol. The van der Waals surface area contributed by atoms with Crippen LogP contribution >= 0.6 is 0 Å². The highest BCUT2D eigenvalue weighted by molar-refractivity contribution is 6.05. The lowest BCUT2D eigenvalue weighted by molar-refractivity contribution is 0.0993. The molecule has 2 heterocycles. The molecular weight excluding hydrogens is 308 g/mol. The molecule has 2 amide bonds. The number of hydrogen-bond acceptors (Lipinski definition) is 4. The van der Waals surface area contributed by atoms with Crippen LogP contribution in [-0.2, 0) is 7.05 Å². The molecule has 122 valence electrons. The number of amides is 2. The second-order valence-corrected chi connectivity index (χ2v) is 5.29. The molecule has 2 N–H and O–H groups in total. The number of rotatable bonds is 4. The molecule has 0 spiro atoms.